The number of anilines is 1. The van der Waals surface area contributed by atoms with E-state index < -0.39 is 18.0 Å². The quantitative estimate of drug-likeness (QED) is 0.454. The highest BCUT2D eigenvalue weighted by atomic mass is 16.5. The molecule has 0 saturated heterocycles. The number of aliphatic hydroxyl groups is 1. The molecule has 0 bridgehead atoms. The number of carbonyl (C=O) groups is 3. The predicted octanol–water partition coefficient (Wildman–Crippen LogP) is -1.09. The van der Waals surface area contributed by atoms with E-state index in [1.54, 1.807) is 24.0 Å². The van der Waals surface area contributed by atoms with Gasteiger partial charge in [0.2, 0.25) is 5.91 Å². The number of ether oxygens (including phenoxy) is 2. The molecule has 1 aliphatic rings. The molecule has 1 amide bonds. The van der Waals surface area contributed by atoms with E-state index in [-0.39, 0.29) is 18.1 Å². The second kappa shape index (κ2) is 11.9. The van der Waals surface area contributed by atoms with Crippen molar-refractivity contribution < 1.29 is 44.5 Å². The average Bonchev–Trinajstić information content (AvgIpc) is 2.68. The van der Waals surface area contributed by atoms with E-state index in [0.717, 1.165) is 5.69 Å². The number of carboxylic acid groups (broad SMARTS) is 2. The molecule has 1 aromatic carbocycles. The summed E-state index contributed by atoms with van der Waals surface area (Å²) in [6.45, 7) is 9.68. The molecule has 10 heteroatoms. The third-order valence-electron chi connectivity index (χ3n) is 3.98. The normalized spacial score (nSPS) is 14.0. The Morgan fingerprint density at radius 1 is 1.32 bits per heavy atom. The zero-order valence-corrected chi connectivity index (χ0v) is 18.2. The Bertz CT molecular complexity index is 785. The van der Waals surface area contributed by atoms with Crippen LogP contribution in [0.4, 0.5) is 5.69 Å². The fourth-order valence-corrected chi connectivity index (χ4v) is 2.51. The summed E-state index contributed by atoms with van der Waals surface area (Å²) in [6.07, 6.45) is 0.400. The minimum absolute atomic E-state index is 0.00337. The number of benzene rings is 1. The van der Waals surface area contributed by atoms with Crippen molar-refractivity contribution in [3.8, 4) is 11.5 Å². The predicted molar refractivity (Wildman–Crippen MR) is 110 cm³/mol. The van der Waals surface area contributed by atoms with E-state index in [9.17, 15) is 24.6 Å². The highest BCUT2D eigenvalue weighted by molar-refractivity contribution is 5.93. The van der Waals surface area contributed by atoms with Crippen molar-refractivity contribution in [2.45, 2.75) is 39.3 Å². The second-order valence-electron chi connectivity index (χ2n) is 7.91. The van der Waals surface area contributed by atoms with E-state index >= 15 is 0 Å². The van der Waals surface area contributed by atoms with Crippen molar-refractivity contribution in [3.63, 3.8) is 0 Å². The summed E-state index contributed by atoms with van der Waals surface area (Å²) >= 11 is 0. The molecule has 1 heterocycles. The van der Waals surface area contributed by atoms with Crippen LogP contribution in [0.5, 0.6) is 11.5 Å². The monoisotopic (exact) mass is 438 g/mol. The Hall–Kier alpha value is -3.11. The summed E-state index contributed by atoms with van der Waals surface area (Å²) in [5, 5.41) is 29.3. The summed E-state index contributed by atoms with van der Waals surface area (Å²) in [5.41, 5.74) is 0.842. The molecule has 0 aromatic heterocycles. The van der Waals surface area contributed by atoms with Crippen molar-refractivity contribution in [2.24, 2.45) is 0 Å². The standard InChI is InChI=1S/C17H26N2O4.C4H4O4/c1-12(20)19-7-8-22-16-9-14(5-6-15(16)19)23-11-13(21)10-18-17(2,3)4;5-3(6)1-2-4(7)8/h5-6,9,13,18,21H,7-8,10-11H2,1-4H3;1-2H,(H,5,6)(H,7,8)/b;2-1+. The number of nitrogens with two attached hydrogens (primary N) is 1. The van der Waals surface area contributed by atoms with Gasteiger partial charge in [0.25, 0.3) is 0 Å². The van der Waals surface area contributed by atoms with Crippen molar-refractivity contribution in [1.82, 2.24) is 0 Å². The Morgan fingerprint density at radius 2 is 2.00 bits per heavy atom. The van der Waals surface area contributed by atoms with Crippen LogP contribution in [0, 0.1) is 0 Å². The van der Waals surface area contributed by atoms with Gasteiger partial charge in [-0.25, -0.2) is 4.79 Å². The first-order valence-electron chi connectivity index (χ1n) is 9.71. The summed E-state index contributed by atoms with van der Waals surface area (Å²) in [7, 11) is 0. The number of amides is 1. The van der Waals surface area contributed by atoms with Gasteiger partial charge in [-0.05, 0) is 39.0 Å². The van der Waals surface area contributed by atoms with Gasteiger partial charge in [0.05, 0.1) is 23.7 Å². The van der Waals surface area contributed by atoms with E-state index in [1.807, 2.05) is 6.07 Å². The number of hydrogen-bond donors (Lipinski definition) is 3. The third kappa shape index (κ3) is 10.5. The molecular weight excluding hydrogens is 408 g/mol. The molecule has 1 atom stereocenters. The highest BCUT2D eigenvalue weighted by Crippen LogP contribution is 2.34. The van der Waals surface area contributed by atoms with Crippen LogP contribution in [0.2, 0.25) is 0 Å². The third-order valence-corrected chi connectivity index (χ3v) is 3.98. The molecule has 0 saturated carbocycles. The molecule has 0 spiro atoms. The van der Waals surface area contributed by atoms with Gasteiger partial charge in [0.15, 0.2) is 0 Å². The number of nitrogens with zero attached hydrogens (tertiary/aromatic N) is 1. The number of carboxylic acids is 2. The fourth-order valence-electron chi connectivity index (χ4n) is 2.51. The second-order valence-corrected chi connectivity index (χ2v) is 7.91. The topological polar surface area (TPSA) is 153 Å². The van der Waals surface area contributed by atoms with Crippen LogP contribution in [-0.4, -0.2) is 66.0 Å². The van der Waals surface area contributed by atoms with Crippen LogP contribution in [-0.2, 0) is 14.4 Å². The van der Waals surface area contributed by atoms with E-state index in [0.29, 0.717) is 43.3 Å². The lowest BCUT2D eigenvalue weighted by Gasteiger charge is -2.29. The maximum Gasteiger partial charge on any atom is 0.328 e. The smallest absolute Gasteiger partial charge is 0.328 e. The van der Waals surface area contributed by atoms with Gasteiger partial charge >= 0.3 is 5.97 Å². The zero-order valence-electron chi connectivity index (χ0n) is 18.2. The molecule has 31 heavy (non-hydrogen) atoms. The van der Waals surface area contributed by atoms with E-state index in [4.69, 9.17) is 14.6 Å². The molecule has 1 aromatic rings. The van der Waals surface area contributed by atoms with Gasteiger partial charge in [0, 0.05) is 19.1 Å². The Kier molecular flexibility index (Phi) is 9.97. The SMILES string of the molecule is CC(=O)N1CCOc2cc(OCC(O)C[NH2+]C(C)(C)C)ccc21.O=C([O-])/C=C/C(=O)O. The lowest BCUT2D eigenvalue weighted by Crippen LogP contribution is -2.96. The minimum Gasteiger partial charge on any atom is -0.545 e. The Morgan fingerprint density at radius 3 is 2.52 bits per heavy atom. The fraction of sp³-hybridized carbons (Fsp3) is 0.476. The van der Waals surface area contributed by atoms with Crippen LogP contribution < -0.4 is 24.8 Å². The number of hydrogen-bond acceptors (Lipinski definition) is 7. The first-order chi connectivity index (χ1) is 14.4. The van der Waals surface area contributed by atoms with Crippen molar-refractivity contribution in [3.05, 3.63) is 30.4 Å². The average molecular weight is 438 g/mol. The van der Waals surface area contributed by atoms with Crippen molar-refractivity contribution in [1.29, 1.82) is 0 Å². The Labute approximate surface area is 181 Å². The van der Waals surface area contributed by atoms with Crippen LogP contribution >= 0.6 is 0 Å². The molecular formula is C21H30N2O8. The zero-order chi connectivity index (χ0) is 23.6. The molecule has 0 fully saturated rings. The maximum atomic E-state index is 11.6. The molecule has 0 aliphatic carbocycles. The van der Waals surface area contributed by atoms with Crippen LogP contribution in [0.1, 0.15) is 27.7 Å². The summed E-state index contributed by atoms with van der Waals surface area (Å²) in [4.78, 5) is 32.3. The van der Waals surface area contributed by atoms with Crippen LogP contribution in [0.3, 0.4) is 0 Å². The van der Waals surface area contributed by atoms with Crippen molar-refractivity contribution >= 4 is 23.5 Å². The molecule has 172 valence electrons. The molecule has 2 rings (SSSR count). The van der Waals surface area contributed by atoms with E-state index in [2.05, 4.69) is 26.1 Å². The molecule has 1 aliphatic heterocycles. The van der Waals surface area contributed by atoms with Crippen LogP contribution in [0.25, 0.3) is 0 Å². The summed E-state index contributed by atoms with van der Waals surface area (Å²) in [6, 6.07) is 5.38. The minimum atomic E-state index is -1.51. The van der Waals surface area contributed by atoms with Crippen molar-refractivity contribution in [2.75, 3.05) is 31.2 Å². The summed E-state index contributed by atoms with van der Waals surface area (Å²) < 4.78 is 11.2. The van der Waals surface area contributed by atoms with Gasteiger partial charge in [0.1, 0.15) is 37.4 Å². The number of fused-ring (bicyclic) bond motifs is 1. The van der Waals surface area contributed by atoms with Gasteiger partial charge < -0.3 is 39.8 Å². The van der Waals surface area contributed by atoms with Gasteiger partial charge in [-0.1, -0.05) is 0 Å². The lowest BCUT2D eigenvalue weighted by molar-refractivity contribution is -0.722. The number of aliphatic hydroxyl groups excluding tert-OH is 1. The van der Waals surface area contributed by atoms with Gasteiger partial charge in [-0.2, -0.15) is 0 Å². The largest absolute Gasteiger partial charge is 0.545 e. The van der Waals surface area contributed by atoms with Gasteiger partial charge in [-0.3, -0.25) is 4.79 Å². The highest BCUT2D eigenvalue weighted by Gasteiger charge is 2.22. The molecule has 4 N–H and O–H groups in total. The lowest BCUT2D eigenvalue weighted by atomic mass is 10.1. The summed E-state index contributed by atoms with van der Waals surface area (Å²) in [5.74, 6) is -1.54. The molecule has 0 radical (unpaired) electrons. The molecule has 1 unspecified atom stereocenters. The Balaban J connectivity index is 0.000000512. The first kappa shape index (κ1) is 25.9. The first-order valence-corrected chi connectivity index (χ1v) is 9.71. The van der Waals surface area contributed by atoms with Crippen LogP contribution in [0.15, 0.2) is 30.4 Å². The number of quaternary nitrogens is 1. The number of rotatable bonds is 7. The van der Waals surface area contributed by atoms with Gasteiger partial charge in [-0.15, -0.1) is 0 Å². The number of aliphatic carboxylic acids is 2. The molecule has 10 nitrogen and oxygen atoms in total. The maximum absolute atomic E-state index is 11.6. The number of carbonyl (C=O) groups excluding carboxylic acids is 2. The van der Waals surface area contributed by atoms with E-state index in [1.165, 1.54) is 0 Å².